The van der Waals surface area contributed by atoms with Crippen molar-refractivity contribution in [1.82, 2.24) is 30.8 Å². The van der Waals surface area contributed by atoms with E-state index in [-0.39, 0.29) is 35.2 Å². The van der Waals surface area contributed by atoms with Crippen molar-refractivity contribution >= 4 is 17.5 Å². The molecule has 2 heterocycles. The maximum atomic E-state index is 14.5. The number of H-pyrrole nitrogens is 1. The zero-order valence-electron chi connectivity index (χ0n) is 26.4. The van der Waals surface area contributed by atoms with E-state index in [4.69, 9.17) is 4.99 Å². The first-order chi connectivity index (χ1) is 20.4. The molecule has 1 saturated carbocycles. The zero-order valence-corrected chi connectivity index (χ0v) is 26.4. The van der Waals surface area contributed by atoms with E-state index >= 15 is 0 Å². The number of aromatic amines is 1. The molecule has 1 spiro atoms. The number of amides is 2. The lowest BCUT2D eigenvalue weighted by Crippen LogP contribution is -2.51. The van der Waals surface area contributed by atoms with Gasteiger partial charge in [0, 0.05) is 11.1 Å². The third-order valence-electron chi connectivity index (χ3n) is 9.08. The van der Waals surface area contributed by atoms with E-state index in [2.05, 4.69) is 72.4 Å². The van der Waals surface area contributed by atoms with Crippen LogP contribution in [0.5, 0.6) is 0 Å². The molecule has 43 heavy (non-hydrogen) atoms. The molecule has 1 aromatic heterocycles. The standard InChI is InChI=1S/C34H45N7O2/c1-32(2,3)19-18-27(23-12-14-25(15-13-23)30(42)35-22-28-37-39-40-38-28)41-31(43)29(24-10-8-7-9-11-24)36-34(41)20-16-26(17-21-34)33(4,5)6/h7-15,26-27H,16-22H2,1-6H3,(H,35,42)(H,37,38,39,40)/t26?,27-,34?/m1/s1. The Kier molecular flexibility index (Phi) is 8.54. The summed E-state index contributed by atoms with van der Waals surface area (Å²) in [6.45, 7) is 13.9. The van der Waals surface area contributed by atoms with Crippen molar-refractivity contribution in [2.75, 3.05) is 0 Å². The summed E-state index contributed by atoms with van der Waals surface area (Å²) < 4.78 is 0. The summed E-state index contributed by atoms with van der Waals surface area (Å²) in [6.07, 6.45) is 5.50. The van der Waals surface area contributed by atoms with Crippen LogP contribution in [0.25, 0.3) is 0 Å². The summed E-state index contributed by atoms with van der Waals surface area (Å²) >= 11 is 0. The lowest BCUT2D eigenvalue weighted by atomic mass is 9.69. The molecular formula is C34H45N7O2. The first-order valence-electron chi connectivity index (χ1n) is 15.5. The predicted octanol–water partition coefficient (Wildman–Crippen LogP) is 6.26. The third-order valence-corrected chi connectivity index (χ3v) is 9.08. The molecule has 0 radical (unpaired) electrons. The van der Waals surface area contributed by atoms with Crippen LogP contribution in [0.15, 0.2) is 59.6 Å². The lowest BCUT2D eigenvalue weighted by Gasteiger charge is -2.47. The van der Waals surface area contributed by atoms with Crippen molar-refractivity contribution in [2.45, 2.75) is 98.3 Å². The highest BCUT2D eigenvalue weighted by Gasteiger charge is 2.52. The molecule has 5 rings (SSSR count). The maximum absolute atomic E-state index is 14.5. The Morgan fingerprint density at radius 3 is 2.28 bits per heavy atom. The van der Waals surface area contributed by atoms with E-state index in [9.17, 15) is 9.59 Å². The van der Waals surface area contributed by atoms with Crippen LogP contribution < -0.4 is 5.32 Å². The first kappa shape index (κ1) is 30.6. The number of nitrogens with one attached hydrogen (secondary N) is 2. The number of hydrogen-bond acceptors (Lipinski definition) is 6. The molecular weight excluding hydrogens is 538 g/mol. The van der Waals surface area contributed by atoms with Crippen molar-refractivity contribution in [3.63, 3.8) is 0 Å². The Balaban J connectivity index is 1.48. The smallest absolute Gasteiger partial charge is 0.275 e. The second-order valence-electron chi connectivity index (χ2n) is 14.4. The first-order valence-corrected chi connectivity index (χ1v) is 15.5. The predicted molar refractivity (Wildman–Crippen MR) is 167 cm³/mol. The Morgan fingerprint density at radius 2 is 1.70 bits per heavy atom. The molecule has 9 heteroatoms. The van der Waals surface area contributed by atoms with Crippen molar-refractivity contribution in [3.05, 3.63) is 77.1 Å². The van der Waals surface area contributed by atoms with Gasteiger partial charge in [0.2, 0.25) is 0 Å². The van der Waals surface area contributed by atoms with Gasteiger partial charge in [0.25, 0.3) is 11.8 Å². The lowest BCUT2D eigenvalue weighted by molar-refractivity contribution is -0.134. The summed E-state index contributed by atoms with van der Waals surface area (Å²) in [5.41, 5.74) is 2.73. The van der Waals surface area contributed by atoms with Gasteiger partial charge in [-0.3, -0.25) is 14.6 Å². The van der Waals surface area contributed by atoms with Gasteiger partial charge in [-0.1, -0.05) is 89.2 Å². The molecule has 0 unspecified atom stereocenters. The second kappa shape index (κ2) is 12.0. The monoisotopic (exact) mass is 583 g/mol. The molecule has 1 aliphatic carbocycles. The van der Waals surface area contributed by atoms with Crippen molar-refractivity contribution < 1.29 is 9.59 Å². The maximum Gasteiger partial charge on any atom is 0.275 e. The minimum absolute atomic E-state index is 0.00116. The van der Waals surface area contributed by atoms with Gasteiger partial charge in [-0.15, -0.1) is 10.2 Å². The quantitative estimate of drug-likeness (QED) is 0.325. The summed E-state index contributed by atoms with van der Waals surface area (Å²) in [4.78, 5) is 34.8. The highest BCUT2D eigenvalue weighted by atomic mass is 16.2. The van der Waals surface area contributed by atoms with Crippen LogP contribution in [-0.4, -0.2) is 48.7 Å². The molecule has 2 N–H and O–H groups in total. The number of tetrazole rings is 1. The van der Waals surface area contributed by atoms with Crippen LogP contribution in [0.2, 0.25) is 0 Å². The molecule has 1 atom stereocenters. The Hall–Kier alpha value is -3.88. The van der Waals surface area contributed by atoms with Crippen LogP contribution >= 0.6 is 0 Å². The van der Waals surface area contributed by atoms with Gasteiger partial charge in [-0.05, 0) is 73.0 Å². The minimum Gasteiger partial charge on any atom is -0.345 e. The fraction of sp³-hybridized carbons (Fsp3) is 0.529. The number of carbonyl (C=O) groups is 2. The molecule has 2 aliphatic rings. The molecule has 1 aliphatic heterocycles. The average molecular weight is 584 g/mol. The van der Waals surface area contributed by atoms with E-state index in [0.29, 0.717) is 23.0 Å². The molecule has 9 nitrogen and oxygen atoms in total. The van der Waals surface area contributed by atoms with Gasteiger partial charge in [-0.25, -0.2) is 0 Å². The van der Waals surface area contributed by atoms with Crippen molar-refractivity contribution in [2.24, 2.45) is 21.7 Å². The van der Waals surface area contributed by atoms with E-state index in [0.717, 1.165) is 49.7 Å². The van der Waals surface area contributed by atoms with Crippen molar-refractivity contribution in [3.8, 4) is 0 Å². The van der Waals surface area contributed by atoms with Crippen LogP contribution in [-0.2, 0) is 11.3 Å². The fourth-order valence-corrected chi connectivity index (χ4v) is 6.52. The van der Waals surface area contributed by atoms with E-state index in [1.165, 1.54) is 0 Å². The van der Waals surface area contributed by atoms with Gasteiger partial charge in [-0.2, -0.15) is 5.21 Å². The normalized spacial score (nSPS) is 21.6. The summed E-state index contributed by atoms with van der Waals surface area (Å²) in [5.74, 6) is 0.789. The van der Waals surface area contributed by atoms with E-state index < -0.39 is 5.66 Å². The van der Waals surface area contributed by atoms with Crippen molar-refractivity contribution in [1.29, 1.82) is 0 Å². The second-order valence-corrected chi connectivity index (χ2v) is 14.4. The number of nitrogens with zero attached hydrogens (tertiary/aromatic N) is 5. The summed E-state index contributed by atoms with van der Waals surface area (Å²) in [6, 6.07) is 17.4. The number of benzene rings is 2. The number of carbonyl (C=O) groups excluding carboxylic acids is 2. The van der Waals surface area contributed by atoms with Gasteiger partial charge >= 0.3 is 0 Å². The van der Waals surface area contributed by atoms with Crippen LogP contribution in [0.1, 0.15) is 113 Å². The largest absolute Gasteiger partial charge is 0.345 e. The topological polar surface area (TPSA) is 116 Å². The highest BCUT2D eigenvalue weighted by Crippen LogP contribution is 2.50. The summed E-state index contributed by atoms with van der Waals surface area (Å²) in [7, 11) is 0. The number of aliphatic imine (C=N–C) groups is 1. The average Bonchev–Trinajstić information content (AvgIpc) is 3.59. The molecule has 228 valence electrons. The molecule has 3 aromatic rings. The third kappa shape index (κ3) is 6.86. The number of hydrogen-bond donors (Lipinski definition) is 2. The zero-order chi connectivity index (χ0) is 30.8. The molecule has 2 amide bonds. The molecule has 1 fully saturated rings. The SMILES string of the molecule is CC(C)(C)CC[C@H](c1ccc(C(=O)NCc2nn[nH]n2)cc1)N1C(=O)C(c2ccccc2)=NC12CCC(C(C)(C)C)CC2. The van der Waals surface area contributed by atoms with Crippen LogP contribution in [0.3, 0.4) is 0 Å². The Morgan fingerprint density at radius 1 is 1.02 bits per heavy atom. The minimum atomic E-state index is -0.576. The Labute approximate surface area is 254 Å². The van der Waals surface area contributed by atoms with Gasteiger partial charge in [0.1, 0.15) is 11.4 Å². The molecule has 2 aromatic carbocycles. The summed E-state index contributed by atoms with van der Waals surface area (Å²) in [5, 5.41) is 16.5. The van der Waals surface area contributed by atoms with Crippen LogP contribution in [0.4, 0.5) is 0 Å². The van der Waals surface area contributed by atoms with E-state index in [1.54, 1.807) is 0 Å². The van der Waals surface area contributed by atoms with Gasteiger partial charge < -0.3 is 10.2 Å². The highest BCUT2D eigenvalue weighted by molar-refractivity contribution is 6.46. The van der Waals surface area contributed by atoms with Crippen LogP contribution in [0, 0.1) is 16.7 Å². The van der Waals surface area contributed by atoms with E-state index in [1.807, 2.05) is 54.6 Å². The number of aromatic nitrogens is 4. The fourth-order valence-electron chi connectivity index (χ4n) is 6.52. The van der Waals surface area contributed by atoms with Gasteiger partial charge in [0.05, 0.1) is 12.6 Å². The van der Waals surface area contributed by atoms with Gasteiger partial charge in [0.15, 0.2) is 5.82 Å². The molecule has 0 saturated heterocycles. The number of rotatable bonds is 8. The molecule has 0 bridgehead atoms. The Bertz CT molecular complexity index is 1430.